The average molecular weight is 213 g/mol. The van der Waals surface area contributed by atoms with E-state index in [-0.39, 0.29) is 0 Å². The Hall–Kier alpha value is -1.03. The Balaban J connectivity index is 2.35. The number of aliphatic hydroxyl groups excluding tert-OH is 1. The predicted molar refractivity (Wildman–Crippen MR) is 57.3 cm³/mol. The summed E-state index contributed by atoms with van der Waals surface area (Å²) in [7, 11) is 0. The normalized spacial score (nSPS) is 17.7. The Morgan fingerprint density at radius 2 is 2.40 bits per heavy atom. The molecule has 0 aromatic carbocycles. The fourth-order valence-electron chi connectivity index (χ4n) is 1.59. The van der Waals surface area contributed by atoms with Crippen molar-refractivity contribution in [2.75, 3.05) is 13.2 Å². The van der Waals surface area contributed by atoms with Gasteiger partial charge in [0.2, 0.25) is 0 Å². The van der Waals surface area contributed by atoms with Gasteiger partial charge in [0.25, 0.3) is 0 Å². The molecule has 1 fully saturated rings. The Bertz CT molecular complexity index is 240. The van der Waals surface area contributed by atoms with Gasteiger partial charge in [-0.2, -0.15) is 0 Å². The summed E-state index contributed by atoms with van der Waals surface area (Å²) in [5.41, 5.74) is 0.466. The molecule has 1 aliphatic heterocycles. The maximum absolute atomic E-state index is 11.2. The van der Waals surface area contributed by atoms with Gasteiger partial charge in [-0.05, 0) is 6.42 Å². The van der Waals surface area contributed by atoms with Gasteiger partial charge in [-0.25, -0.2) is 4.79 Å². The largest absolute Gasteiger partial charge is 0.447 e. The maximum Gasteiger partial charge on any atom is 0.414 e. The van der Waals surface area contributed by atoms with Crippen molar-refractivity contribution in [3.05, 3.63) is 12.3 Å². The van der Waals surface area contributed by atoms with Gasteiger partial charge in [-0.1, -0.05) is 32.8 Å². The zero-order valence-corrected chi connectivity index (χ0v) is 9.24. The third-order valence-corrected chi connectivity index (χ3v) is 2.57. The molecule has 0 radical (unpaired) electrons. The van der Waals surface area contributed by atoms with Gasteiger partial charge in [-0.3, -0.25) is 4.90 Å². The molecule has 15 heavy (non-hydrogen) atoms. The van der Waals surface area contributed by atoms with E-state index in [4.69, 9.17) is 4.74 Å². The topological polar surface area (TPSA) is 49.8 Å². The first-order valence-corrected chi connectivity index (χ1v) is 5.48. The quantitative estimate of drug-likeness (QED) is 0.685. The number of rotatable bonds is 6. The number of carbonyl (C=O) groups excluding carboxylic acids is 1. The molecule has 1 amide bonds. The van der Waals surface area contributed by atoms with E-state index < -0.39 is 12.2 Å². The molecule has 4 nitrogen and oxygen atoms in total. The number of unbranched alkanes of at least 4 members (excludes halogenated alkanes) is 2. The van der Waals surface area contributed by atoms with E-state index >= 15 is 0 Å². The zero-order chi connectivity index (χ0) is 11.3. The molecule has 1 rings (SSSR count). The first-order chi connectivity index (χ1) is 7.16. The van der Waals surface area contributed by atoms with Crippen LogP contribution in [-0.2, 0) is 4.74 Å². The van der Waals surface area contributed by atoms with Gasteiger partial charge in [-0.15, -0.1) is 0 Å². The fourth-order valence-corrected chi connectivity index (χ4v) is 1.59. The van der Waals surface area contributed by atoms with Gasteiger partial charge in [0.15, 0.2) is 0 Å². The molecule has 0 bridgehead atoms. The lowest BCUT2D eigenvalue weighted by atomic mass is 10.1. The van der Waals surface area contributed by atoms with E-state index in [9.17, 15) is 9.90 Å². The number of aliphatic hydroxyl groups is 1. The first-order valence-electron chi connectivity index (χ1n) is 5.48. The summed E-state index contributed by atoms with van der Waals surface area (Å²) < 4.78 is 4.78. The van der Waals surface area contributed by atoms with Crippen molar-refractivity contribution in [3.63, 3.8) is 0 Å². The first kappa shape index (κ1) is 12.0. The van der Waals surface area contributed by atoms with E-state index in [1.165, 1.54) is 4.90 Å². The number of carbonyl (C=O) groups is 1. The lowest BCUT2D eigenvalue weighted by Crippen LogP contribution is -2.30. The molecule has 0 aromatic heterocycles. The molecular weight excluding hydrogens is 194 g/mol. The van der Waals surface area contributed by atoms with Crippen LogP contribution in [0.3, 0.4) is 0 Å². The molecule has 0 aromatic rings. The van der Waals surface area contributed by atoms with Crippen LogP contribution in [-0.4, -0.2) is 35.4 Å². The monoisotopic (exact) mass is 213 g/mol. The third-order valence-electron chi connectivity index (χ3n) is 2.57. The van der Waals surface area contributed by atoms with Crippen LogP contribution in [0.4, 0.5) is 4.79 Å². The highest BCUT2D eigenvalue weighted by Crippen LogP contribution is 2.17. The van der Waals surface area contributed by atoms with E-state index in [1.54, 1.807) is 0 Å². The summed E-state index contributed by atoms with van der Waals surface area (Å²) in [6.45, 7) is 6.74. The van der Waals surface area contributed by atoms with Gasteiger partial charge in [0.05, 0.1) is 12.6 Å². The number of amides is 1. The standard InChI is InChI=1S/C11H19NO3/c1-3-4-5-6-10(13)9(2)12-7-8-15-11(12)14/h10,13H,2-8H2,1H3. The van der Waals surface area contributed by atoms with Gasteiger partial charge in [0.1, 0.15) is 6.61 Å². The number of nitrogens with zero attached hydrogens (tertiary/aromatic N) is 1. The minimum atomic E-state index is -0.623. The molecule has 0 saturated carbocycles. The smallest absolute Gasteiger partial charge is 0.414 e. The highest BCUT2D eigenvalue weighted by molar-refractivity contribution is 5.71. The summed E-state index contributed by atoms with van der Waals surface area (Å²) in [5.74, 6) is 0. The summed E-state index contributed by atoms with van der Waals surface area (Å²) >= 11 is 0. The van der Waals surface area contributed by atoms with Gasteiger partial charge in [0, 0.05) is 5.70 Å². The minimum Gasteiger partial charge on any atom is -0.447 e. The Kier molecular flexibility index (Phi) is 4.62. The average Bonchev–Trinajstić information content (AvgIpc) is 2.63. The van der Waals surface area contributed by atoms with Crippen molar-refractivity contribution in [1.29, 1.82) is 0 Å². The molecule has 86 valence electrons. The molecular formula is C11H19NO3. The van der Waals surface area contributed by atoms with E-state index in [0.717, 1.165) is 19.3 Å². The third kappa shape index (κ3) is 3.23. The second kappa shape index (κ2) is 5.75. The van der Waals surface area contributed by atoms with Crippen molar-refractivity contribution < 1.29 is 14.6 Å². The number of hydrogen-bond acceptors (Lipinski definition) is 3. The maximum atomic E-state index is 11.2. The summed E-state index contributed by atoms with van der Waals surface area (Å²) in [6.07, 6.45) is 2.81. The van der Waals surface area contributed by atoms with Crippen molar-refractivity contribution in [1.82, 2.24) is 4.90 Å². The van der Waals surface area contributed by atoms with Crippen LogP contribution in [0.5, 0.6) is 0 Å². The van der Waals surface area contributed by atoms with E-state index in [0.29, 0.717) is 25.3 Å². The number of ether oxygens (including phenoxy) is 1. The highest BCUT2D eigenvalue weighted by atomic mass is 16.6. The zero-order valence-electron chi connectivity index (χ0n) is 9.24. The fraction of sp³-hybridized carbons (Fsp3) is 0.727. The summed E-state index contributed by atoms with van der Waals surface area (Å²) in [4.78, 5) is 12.6. The Morgan fingerprint density at radius 1 is 1.67 bits per heavy atom. The van der Waals surface area contributed by atoms with Gasteiger partial charge >= 0.3 is 6.09 Å². The van der Waals surface area contributed by atoms with Crippen LogP contribution < -0.4 is 0 Å². The molecule has 0 spiro atoms. The van der Waals surface area contributed by atoms with E-state index in [1.807, 2.05) is 0 Å². The molecule has 4 heteroatoms. The highest BCUT2D eigenvalue weighted by Gasteiger charge is 2.27. The van der Waals surface area contributed by atoms with Crippen LogP contribution in [0.2, 0.25) is 0 Å². The lowest BCUT2D eigenvalue weighted by Gasteiger charge is -2.20. The van der Waals surface area contributed by atoms with E-state index in [2.05, 4.69) is 13.5 Å². The number of cyclic esters (lactones) is 1. The van der Waals surface area contributed by atoms with Crippen LogP contribution in [0.25, 0.3) is 0 Å². The second-order valence-electron chi connectivity index (χ2n) is 3.77. The molecule has 1 N–H and O–H groups in total. The van der Waals surface area contributed by atoms with Crippen molar-refractivity contribution in [2.24, 2.45) is 0 Å². The SMILES string of the molecule is C=C(C(O)CCCCC)N1CCOC1=O. The van der Waals surface area contributed by atoms with Crippen LogP contribution >= 0.6 is 0 Å². The van der Waals surface area contributed by atoms with Crippen LogP contribution in [0.15, 0.2) is 12.3 Å². The number of hydrogen-bond donors (Lipinski definition) is 1. The van der Waals surface area contributed by atoms with Gasteiger partial charge < -0.3 is 9.84 Å². The molecule has 1 heterocycles. The van der Waals surface area contributed by atoms with Crippen molar-refractivity contribution in [3.8, 4) is 0 Å². The Morgan fingerprint density at radius 3 is 2.93 bits per heavy atom. The van der Waals surface area contributed by atoms with Crippen LogP contribution in [0.1, 0.15) is 32.6 Å². The summed E-state index contributed by atoms with van der Waals surface area (Å²) in [6, 6.07) is 0. The predicted octanol–water partition coefficient (Wildman–Crippen LogP) is 1.89. The Labute approximate surface area is 90.5 Å². The second-order valence-corrected chi connectivity index (χ2v) is 3.77. The molecule has 1 saturated heterocycles. The molecule has 1 atom stereocenters. The molecule has 1 aliphatic rings. The molecule has 1 unspecified atom stereocenters. The minimum absolute atomic E-state index is 0.388. The van der Waals surface area contributed by atoms with Crippen molar-refractivity contribution in [2.45, 2.75) is 38.7 Å². The molecule has 0 aliphatic carbocycles. The lowest BCUT2D eigenvalue weighted by molar-refractivity contribution is 0.142. The van der Waals surface area contributed by atoms with Crippen LogP contribution in [0, 0.1) is 0 Å². The summed E-state index contributed by atoms with van der Waals surface area (Å²) in [5, 5.41) is 9.77. The van der Waals surface area contributed by atoms with Crippen molar-refractivity contribution >= 4 is 6.09 Å².